The van der Waals surface area contributed by atoms with Gasteiger partial charge in [0.1, 0.15) is 5.60 Å². The number of rotatable bonds is 2. The normalized spacial score (nSPS) is 20.7. The molecule has 1 heterocycles. The maximum absolute atomic E-state index is 5.98. The first-order valence-electron chi connectivity index (χ1n) is 5.83. The maximum Gasteiger partial charge on any atom is 0.144 e. The summed E-state index contributed by atoms with van der Waals surface area (Å²) in [5, 5.41) is 0. The number of hydrogen-bond donors (Lipinski definition) is 0. The molecule has 0 bridgehead atoms. The molecule has 0 amide bonds. The van der Waals surface area contributed by atoms with Gasteiger partial charge in [0, 0.05) is 7.14 Å². The van der Waals surface area contributed by atoms with E-state index in [9.17, 15) is 0 Å². The van der Waals surface area contributed by atoms with Crippen molar-refractivity contribution in [2.75, 3.05) is 0 Å². The van der Waals surface area contributed by atoms with Crippen molar-refractivity contribution in [3.05, 3.63) is 66.8 Å². The van der Waals surface area contributed by atoms with Gasteiger partial charge in [-0.1, -0.05) is 24.3 Å². The summed E-state index contributed by atoms with van der Waals surface area (Å²) in [5.41, 5.74) is 2.27. The van der Waals surface area contributed by atoms with E-state index in [0.29, 0.717) is 0 Å². The van der Waals surface area contributed by atoms with Crippen LogP contribution < -0.4 is 0 Å². The Morgan fingerprint density at radius 1 is 0.944 bits per heavy atom. The maximum atomic E-state index is 5.98. The van der Waals surface area contributed by atoms with Crippen molar-refractivity contribution < 1.29 is 4.74 Å². The minimum absolute atomic E-state index is 0.234. The molecule has 1 saturated heterocycles. The molecule has 2 aromatic rings. The number of halogens is 2. The van der Waals surface area contributed by atoms with E-state index in [1.165, 1.54) is 18.3 Å². The number of benzene rings is 2. The Morgan fingerprint density at radius 2 is 1.39 bits per heavy atom. The lowest BCUT2D eigenvalue weighted by molar-refractivity contribution is 0.332. The Hall–Kier alpha value is -0.140. The van der Waals surface area contributed by atoms with Crippen molar-refractivity contribution in [3.8, 4) is 0 Å². The second kappa shape index (κ2) is 4.76. The Labute approximate surface area is 134 Å². The molecule has 1 nitrogen and oxygen atoms in total. The number of ether oxygens (including phenoxy) is 1. The first-order valence-corrected chi connectivity index (χ1v) is 7.98. The van der Waals surface area contributed by atoms with Crippen LogP contribution in [0.3, 0.4) is 0 Å². The van der Waals surface area contributed by atoms with E-state index < -0.39 is 0 Å². The van der Waals surface area contributed by atoms with E-state index in [4.69, 9.17) is 4.74 Å². The molecule has 0 spiro atoms. The molecule has 0 N–H and O–H groups in total. The van der Waals surface area contributed by atoms with Crippen molar-refractivity contribution in [2.24, 2.45) is 0 Å². The summed E-state index contributed by atoms with van der Waals surface area (Å²) in [5.74, 6) is 0. The van der Waals surface area contributed by atoms with Crippen molar-refractivity contribution in [1.82, 2.24) is 0 Å². The summed E-state index contributed by atoms with van der Waals surface area (Å²) in [6, 6.07) is 17.2. The number of epoxide rings is 1. The van der Waals surface area contributed by atoms with E-state index >= 15 is 0 Å². The Balaban J connectivity index is 2.12. The van der Waals surface area contributed by atoms with Crippen LogP contribution in [0.4, 0.5) is 0 Å². The van der Waals surface area contributed by atoms with Crippen LogP contribution in [0.15, 0.2) is 48.5 Å². The largest absolute Gasteiger partial charge is 0.356 e. The molecule has 18 heavy (non-hydrogen) atoms. The molecule has 0 aliphatic carbocycles. The average molecular weight is 462 g/mol. The van der Waals surface area contributed by atoms with Crippen LogP contribution in [0, 0.1) is 7.14 Å². The fourth-order valence-electron chi connectivity index (χ4n) is 2.46. The van der Waals surface area contributed by atoms with Crippen molar-refractivity contribution in [3.63, 3.8) is 0 Å². The van der Waals surface area contributed by atoms with Crippen LogP contribution in [-0.4, -0.2) is 6.10 Å². The van der Waals surface area contributed by atoms with Crippen molar-refractivity contribution in [1.29, 1.82) is 0 Å². The lowest BCUT2D eigenvalue weighted by Crippen LogP contribution is -2.14. The standard InChI is InChI=1S/C15H12I2O/c1-10-15(18-10,11-4-2-6-13(16)8-11)12-5-3-7-14(17)9-12/h2-10H,1H3. The van der Waals surface area contributed by atoms with Gasteiger partial charge < -0.3 is 4.74 Å². The van der Waals surface area contributed by atoms with Gasteiger partial charge in [-0.05, 0) is 87.5 Å². The van der Waals surface area contributed by atoms with Gasteiger partial charge in [-0.25, -0.2) is 0 Å². The third-order valence-electron chi connectivity index (χ3n) is 3.38. The minimum atomic E-state index is -0.234. The predicted molar refractivity (Wildman–Crippen MR) is 89.6 cm³/mol. The smallest absolute Gasteiger partial charge is 0.144 e. The third kappa shape index (κ3) is 2.10. The Bertz CT molecular complexity index is 549. The SMILES string of the molecule is CC1OC1(c1cccc(I)c1)c1cccc(I)c1. The molecule has 0 saturated carbocycles. The van der Waals surface area contributed by atoms with Crippen molar-refractivity contribution in [2.45, 2.75) is 18.6 Å². The topological polar surface area (TPSA) is 12.5 Å². The molecule has 92 valence electrons. The molecule has 0 aromatic heterocycles. The van der Waals surface area contributed by atoms with Crippen LogP contribution >= 0.6 is 45.2 Å². The van der Waals surface area contributed by atoms with Crippen LogP contribution in [0.1, 0.15) is 18.1 Å². The summed E-state index contributed by atoms with van der Waals surface area (Å²) in [6.07, 6.45) is 0.244. The Kier molecular flexibility index (Phi) is 3.40. The highest BCUT2D eigenvalue weighted by molar-refractivity contribution is 14.1. The van der Waals surface area contributed by atoms with Crippen LogP contribution in [0.5, 0.6) is 0 Å². The molecule has 1 unspecified atom stereocenters. The summed E-state index contributed by atoms with van der Waals surface area (Å²) in [6.45, 7) is 2.14. The van der Waals surface area contributed by atoms with Gasteiger partial charge >= 0.3 is 0 Å². The summed E-state index contributed by atoms with van der Waals surface area (Å²) in [7, 11) is 0. The van der Waals surface area contributed by atoms with Crippen LogP contribution in [-0.2, 0) is 10.3 Å². The lowest BCUT2D eigenvalue weighted by Gasteiger charge is -2.14. The summed E-state index contributed by atoms with van der Waals surface area (Å²) < 4.78 is 8.48. The minimum Gasteiger partial charge on any atom is -0.356 e. The van der Waals surface area contributed by atoms with Gasteiger partial charge in [0.25, 0.3) is 0 Å². The zero-order valence-electron chi connectivity index (χ0n) is 9.86. The van der Waals surface area contributed by atoms with E-state index in [1.54, 1.807) is 0 Å². The van der Waals surface area contributed by atoms with E-state index in [-0.39, 0.29) is 11.7 Å². The lowest BCUT2D eigenvalue weighted by atomic mass is 9.88. The quantitative estimate of drug-likeness (QED) is 0.472. The van der Waals surface area contributed by atoms with E-state index in [2.05, 4.69) is 101 Å². The van der Waals surface area contributed by atoms with Crippen LogP contribution in [0.25, 0.3) is 0 Å². The highest BCUT2D eigenvalue weighted by Gasteiger charge is 2.56. The van der Waals surface area contributed by atoms with Gasteiger partial charge in [0.2, 0.25) is 0 Å². The molecule has 1 aliphatic heterocycles. The second-order valence-corrected chi connectivity index (χ2v) is 7.01. The Morgan fingerprint density at radius 3 is 1.72 bits per heavy atom. The van der Waals surface area contributed by atoms with Gasteiger partial charge in [-0.3, -0.25) is 0 Å². The first kappa shape index (κ1) is 12.9. The summed E-state index contributed by atoms with van der Waals surface area (Å²) >= 11 is 4.70. The monoisotopic (exact) mass is 462 g/mol. The third-order valence-corrected chi connectivity index (χ3v) is 4.73. The average Bonchev–Trinajstić information content (AvgIpc) is 3.02. The molecule has 1 atom stereocenters. The summed E-state index contributed by atoms with van der Waals surface area (Å²) in [4.78, 5) is 0. The molecular weight excluding hydrogens is 450 g/mol. The molecule has 1 fully saturated rings. The first-order chi connectivity index (χ1) is 8.63. The van der Waals surface area contributed by atoms with Crippen LogP contribution in [0.2, 0.25) is 0 Å². The van der Waals surface area contributed by atoms with E-state index in [0.717, 1.165) is 0 Å². The fourth-order valence-corrected chi connectivity index (χ4v) is 3.54. The molecule has 1 aliphatic rings. The fraction of sp³-hybridized carbons (Fsp3) is 0.200. The van der Waals surface area contributed by atoms with Gasteiger partial charge in [0.15, 0.2) is 0 Å². The molecule has 3 heteroatoms. The molecular formula is C15H12I2O. The molecule has 2 aromatic carbocycles. The van der Waals surface area contributed by atoms with Crippen molar-refractivity contribution >= 4 is 45.2 Å². The predicted octanol–water partition coefficient (Wildman–Crippen LogP) is 4.56. The van der Waals surface area contributed by atoms with Gasteiger partial charge in [0.05, 0.1) is 6.10 Å². The van der Waals surface area contributed by atoms with Gasteiger partial charge in [-0.15, -0.1) is 0 Å². The zero-order chi connectivity index (χ0) is 12.8. The zero-order valence-corrected chi connectivity index (χ0v) is 14.2. The number of hydrogen-bond acceptors (Lipinski definition) is 1. The highest BCUT2D eigenvalue weighted by atomic mass is 127. The van der Waals surface area contributed by atoms with Gasteiger partial charge in [-0.2, -0.15) is 0 Å². The van der Waals surface area contributed by atoms with E-state index in [1.807, 2.05) is 0 Å². The second-order valence-electron chi connectivity index (χ2n) is 4.52. The molecule has 3 rings (SSSR count). The molecule has 0 radical (unpaired) electrons. The highest BCUT2D eigenvalue weighted by Crippen LogP contribution is 2.51.